The topological polar surface area (TPSA) is 81.8 Å². The van der Waals surface area contributed by atoms with Crippen LogP contribution in [0.4, 0.5) is 0 Å². The van der Waals surface area contributed by atoms with E-state index in [1.165, 1.54) is 23.9 Å². The Morgan fingerprint density at radius 1 is 1.03 bits per heavy atom. The lowest BCUT2D eigenvalue weighted by Crippen LogP contribution is -2.36. The minimum Gasteiger partial charge on any atom is -0.349 e. The van der Waals surface area contributed by atoms with Crippen molar-refractivity contribution in [1.29, 1.82) is 0 Å². The first-order valence-corrected chi connectivity index (χ1v) is 11.5. The maximum Gasteiger partial charge on any atom is 0.274 e. The Kier molecular flexibility index (Phi) is 5.77. The SMILES string of the molecule is Cn1cc(-c2nn(Cc3ccc(C(=O)NC4CCCCC4)cc3)c(=O)c3ccccc23)cn1. The lowest BCUT2D eigenvalue weighted by Gasteiger charge is -2.22. The number of amides is 1. The van der Waals surface area contributed by atoms with Gasteiger partial charge in [0.05, 0.1) is 18.1 Å². The van der Waals surface area contributed by atoms with E-state index in [1.807, 2.05) is 61.8 Å². The fourth-order valence-electron chi connectivity index (χ4n) is 4.55. The number of aromatic nitrogens is 4. The van der Waals surface area contributed by atoms with Crippen LogP contribution in [-0.4, -0.2) is 31.5 Å². The fraction of sp³-hybridized carbons (Fsp3) is 0.308. The highest BCUT2D eigenvalue weighted by atomic mass is 16.1. The van der Waals surface area contributed by atoms with Crippen molar-refractivity contribution < 1.29 is 4.79 Å². The molecular formula is C26H27N5O2. The third-order valence-corrected chi connectivity index (χ3v) is 6.33. The van der Waals surface area contributed by atoms with E-state index in [9.17, 15) is 9.59 Å². The van der Waals surface area contributed by atoms with Crippen LogP contribution in [0, 0.1) is 0 Å². The molecule has 5 rings (SSSR count). The van der Waals surface area contributed by atoms with Crippen molar-refractivity contribution in [2.45, 2.75) is 44.7 Å². The Labute approximate surface area is 192 Å². The molecule has 1 saturated carbocycles. The molecule has 2 heterocycles. The van der Waals surface area contributed by atoms with Crippen LogP contribution in [0.25, 0.3) is 22.0 Å². The van der Waals surface area contributed by atoms with Crippen molar-refractivity contribution in [3.8, 4) is 11.3 Å². The number of rotatable bonds is 5. The van der Waals surface area contributed by atoms with Gasteiger partial charge in [-0.05, 0) is 36.6 Å². The number of carbonyl (C=O) groups is 1. The maximum absolute atomic E-state index is 13.1. The zero-order valence-corrected chi connectivity index (χ0v) is 18.7. The average molecular weight is 442 g/mol. The van der Waals surface area contributed by atoms with Gasteiger partial charge in [-0.1, -0.05) is 49.6 Å². The molecule has 1 aliphatic rings. The molecule has 0 atom stereocenters. The van der Waals surface area contributed by atoms with Gasteiger partial charge >= 0.3 is 0 Å². The Bertz CT molecular complexity index is 1350. The first kappa shape index (κ1) is 21.1. The number of hydrogen-bond donors (Lipinski definition) is 1. The number of nitrogens with zero attached hydrogens (tertiary/aromatic N) is 4. The normalized spacial score (nSPS) is 14.5. The maximum atomic E-state index is 13.1. The van der Waals surface area contributed by atoms with E-state index in [0.29, 0.717) is 17.5 Å². The molecule has 0 bridgehead atoms. The van der Waals surface area contributed by atoms with Crippen LogP contribution in [0.5, 0.6) is 0 Å². The molecule has 168 valence electrons. The molecule has 0 radical (unpaired) electrons. The van der Waals surface area contributed by atoms with Crippen molar-refractivity contribution in [2.24, 2.45) is 7.05 Å². The smallest absolute Gasteiger partial charge is 0.274 e. The van der Waals surface area contributed by atoms with Crippen LogP contribution in [-0.2, 0) is 13.6 Å². The zero-order chi connectivity index (χ0) is 22.8. The molecule has 7 heteroatoms. The Morgan fingerprint density at radius 3 is 2.45 bits per heavy atom. The van der Waals surface area contributed by atoms with Crippen molar-refractivity contribution in [1.82, 2.24) is 24.9 Å². The van der Waals surface area contributed by atoms with Crippen LogP contribution < -0.4 is 10.9 Å². The number of benzene rings is 2. The van der Waals surface area contributed by atoms with Crippen molar-refractivity contribution in [2.75, 3.05) is 0 Å². The minimum absolute atomic E-state index is 0.0340. The molecule has 1 fully saturated rings. The molecule has 2 aromatic carbocycles. The number of carbonyl (C=O) groups excluding carboxylic acids is 1. The zero-order valence-electron chi connectivity index (χ0n) is 18.7. The number of fused-ring (bicyclic) bond motifs is 1. The third kappa shape index (κ3) is 4.44. The van der Waals surface area contributed by atoms with Crippen molar-refractivity contribution in [3.63, 3.8) is 0 Å². The van der Waals surface area contributed by atoms with Gasteiger partial charge in [-0.25, -0.2) is 4.68 Å². The van der Waals surface area contributed by atoms with E-state index in [1.54, 1.807) is 10.9 Å². The summed E-state index contributed by atoms with van der Waals surface area (Å²) in [5, 5.41) is 13.5. The van der Waals surface area contributed by atoms with Gasteiger partial charge in [-0.15, -0.1) is 0 Å². The van der Waals surface area contributed by atoms with Crippen LogP contribution in [0.2, 0.25) is 0 Å². The number of aryl methyl sites for hydroxylation is 1. The lowest BCUT2D eigenvalue weighted by molar-refractivity contribution is 0.0927. The molecule has 0 unspecified atom stereocenters. The largest absolute Gasteiger partial charge is 0.349 e. The second kappa shape index (κ2) is 9.02. The summed E-state index contributed by atoms with van der Waals surface area (Å²) >= 11 is 0. The monoisotopic (exact) mass is 441 g/mol. The van der Waals surface area contributed by atoms with Gasteiger partial charge in [0.25, 0.3) is 11.5 Å². The molecule has 0 spiro atoms. The van der Waals surface area contributed by atoms with Gasteiger partial charge in [0.1, 0.15) is 5.69 Å². The molecule has 0 aliphatic heterocycles. The summed E-state index contributed by atoms with van der Waals surface area (Å²) in [6.45, 7) is 0.321. The highest BCUT2D eigenvalue weighted by Gasteiger charge is 2.17. The summed E-state index contributed by atoms with van der Waals surface area (Å²) < 4.78 is 3.21. The van der Waals surface area contributed by atoms with Gasteiger partial charge in [0.15, 0.2) is 0 Å². The summed E-state index contributed by atoms with van der Waals surface area (Å²) in [5.41, 5.74) is 2.99. The molecule has 0 saturated heterocycles. The van der Waals surface area contributed by atoms with E-state index in [0.717, 1.165) is 35.0 Å². The van der Waals surface area contributed by atoms with E-state index in [4.69, 9.17) is 0 Å². The average Bonchev–Trinajstić information content (AvgIpc) is 3.28. The van der Waals surface area contributed by atoms with Gasteiger partial charge < -0.3 is 5.32 Å². The highest BCUT2D eigenvalue weighted by molar-refractivity contribution is 5.94. The summed E-state index contributed by atoms with van der Waals surface area (Å²) in [6, 6.07) is 15.2. The predicted molar refractivity (Wildman–Crippen MR) is 128 cm³/mol. The fourth-order valence-corrected chi connectivity index (χ4v) is 4.55. The molecule has 1 amide bonds. The number of nitrogens with one attached hydrogen (secondary N) is 1. The molecule has 4 aromatic rings. The molecule has 7 nitrogen and oxygen atoms in total. The van der Waals surface area contributed by atoms with Gasteiger partial charge in [0.2, 0.25) is 0 Å². The van der Waals surface area contributed by atoms with Crippen LogP contribution >= 0.6 is 0 Å². The molecule has 33 heavy (non-hydrogen) atoms. The Hall–Kier alpha value is -3.74. The first-order valence-electron chi connectivity index (χ1n) is 11.5. The molecule has 1 aliphatic carbocycles. The molecule has 1 N–H and O–H groups in total. The summed E-state index contributed by atoms with van der Waals surface area (Å²) in [5.74, 6) is -0.0340. The minimum atomic E-state index is -0.141. The van der Waals surface area contributed by atoms with Gasteiger partial charge in [-0.2, -0.15) is 10.2 Å². The second-order valence-electron chi connectivity index (χ2n) is 8.76. The quantitative estimate of drug-likeness (QED) is 0.509. The van der Waals surface area contributed by atoms with Gasteiger partial charge in [-0.3, -0.25) is 14.3 Å². The van der Waals surface area contributed by atoms with Crippen LogP contribution in [0.1, 0.15) is 48.0 Å². The highest BCUT2D eigenvalue weighted by Crippen LogP contribution is 2.24. The molecule has 2 aromatic heterocycles. The van der Waals surface area contributed by atoms with Crippen LogP contribution in [0.15, 0.2) is 65.7 Å². The van der Waals surface area contributed by atoms with E-state index < -0.39 is 0 Å². The number of hydrogen-bond acceptors (Lipinski definition) is 4. The third-order valence-electron chi connectivity index (χ3n) is 6.33. The van der Waals surface area contributed by atoms with Crippen molar-refractivity contribution in [3.05, 3.63) is 82.4 Å². The summed E-state index contributed by atoms with van der Waals surface area (Å²) in [6.07, 6.45) is 9.37. The predicted octanol–water partition coefficient (Wildman–Crippen LogP) is 3.91. The van der Waals surface area contributed by atoms with Crippen molar-refractivity contribution >= 4 is 16.7 Å². The molecular weight excluding hydrogens is 414 g/mol. The Morgan fingerprint density at radius 2 is 1.76 bits per heavy atom. The van der Waals surface area contributed by atoms with E-state index >= 15 is 0 Å². The van der Waals surface area contributed by atoms with E-state index in [2.05, 4.69) is 15.5 Å². The summed E-state index contributed by atoms with van der Waals surface area (Å²) in [4.78, 5) is 25.7. The van der Waals surface area contributed by atoms with Crippen LogP contribution in [0.3, 0.4) is 0 Å². The summed E-state index contributed by atoms with van der Waals surface area (Å²) in [7, 11) is 1.85. The second-order valence-corrected chi connectivity index (χ2v) is 8.76. The van der Waals surface area contributed by atoms with E-state index in [-0.39, 0.29) is 17.5 Å². The van der Waals surface area contributed by atoms with Gasteiger partial charge in [0, 0.05) is 35.8 Å². The first-order chi connectivity index (χ1) is 16.1. The standard InChI is InChI=1S/C26H27N5O2/c1-30-17-20(15-27-30)24-22-9-5-6-10-23(22)26(33)31(29-24)16-18-11-13-19(14-12-18)25(32)28-21-7-3-2-4-8-21/h5-6,9-15,17,21H,2-4,7-8,16H2,1H3,(H,28,32). The Balaban J connectivity index is 1.41. The lowest BCUT2D eigenvalue weighted by atomic mass is 9.95.